The van der Waals surface area contributed by atoms with Crippen molar-refractivity contribution < 1.29 is 18.7 Å². The molecule has 0 aromatic heterocycles. The van der Waals surface area contributed by atoms with Crippen LogP contribution in [0.2, 0.25) is 0 Å². The lowest BCUT2D eigenvalue weighted by molar-refractivity contribution is -0.118. The minimum absolute atomic E-state index is 0.0848. The molecule has 1 saturated heterocycles. The number of anilines is 1. The average Bonchev–Trinajstić information content (AvgIpc) is 2.49. The second-order valence-electron chi connectivity index (χ2n) is 5.33. The Morgan fingerprint density at radius 3 is 2.50 bits per heavy atom. The van der Waals surface area contributed by atoms with E-state index in [9.17, 15) is 14.0 Å². The molecule has 0 radical (unpaired) electrons. The lowest BCUT2D eigenvalue weighted by Gasteiger charge is -2.30. The van der Waals surface area contributed by atoms with Gasteiger partial charge in [-0.1, -0.05) is 0 Å². The molecule has 1 atom stereocenters. The average molecular weight is 309 g/mol. The molecule has 0 saturated carbocycles. The molecule has 3 amide bonds. The maximum atomic E-state index is 12.8. The largest absolute Gasteiger partial charge is 0.381 e. The zero-order chi connectivity index (χ0) is 15.9. The van der Waals surface area contributed by atoms with Gasteiger partial charge in [0.2, 0.25) is 5.91 Å². The van der Waals surface area contributed by atoms with Gasteiger partial charge in [-0.2, -0.15) is 0 Å². The number of ether oxygens (including phenoxy) is 1. The van der Waals surface area contributed by atoms with Gasteiger partial charge in [-0.25, -0.2) is 9.18 Å². The maximum Gasteiger partial charge on any atom is 0.319 e. The molecule has 1 aliphatic heterocycles. The van der Waals surface area contributed by atoms with E-state index in [0.29, 0.717) is 18.9 Å². The van der Waals surface area contributed by atoms with Crippen LogP contribution >= 0.6 is 0 Å². The molecule has 4 N–H and O–H groups in total. The number of nitrogens with one attached hydrogen (secondary N) is 2. The number of nitrogens with two attached hydrogens (primary N) is 1. The van der Waals surface area contributed by atoms with Crippen LogP contribution in [-0.2, 0) is 9.53 Å². The molecule has 1 aromatic carbocycles. The van der Waals surface area contributed by atoms with Crippen molar-refractivity contribution >= 4 is 17.6 Å². The first-order valence-corrected chi connectivity index (χ1v) is 7.23. The normalized spacial score (nSPS) is 16.8. The predicted octanol–water partition coefficient (Wildman–Crippen LogP) is 1.62. The van der Waals surface area contributed by atoms with Crippen molar-refractivity contribution in [2.45, 2.75) is 25.3 Å². The first-order valence-electron chi connectivity index (χ1n) is 7.23. The van der Waals surface area contributed by atoms with Gasteiger partial charge in [0.15, 0.2) is 0 Å². The second kappa shape index (κ2) is 7.74. The lowest BCUT2D eigenvalue weighted by atomic mass is 9.89. The Balaban J connectivity index is 1.94. The Bertz CT molecular complexity index is 515. The molecule has 0 spiro atoms. The number of benzene rings is 1. The van der Waals surface area contributed by atoms with E-state index in [1.807, 2.05) is 0 Å². The molecule has 0 bridgehead atoms. The van der Waals surface area contributed by atoms with Crippen LogP contribution in [0.15, 0.2) is 24.3 Å². The molecule has 1 fully saturated rings. The van der Waals surface area contributed by atoms with Crippen LogP contribution in [0.1, 0.15) is 19.3 Å². The van der Waals surface area contributed by atoms with Crippen LogP contribution in [0.4, 0.5) is 14.9 Å². The van der Waals surface area contributed by atoms with E-state index in [-0.39, 0.29) is 24.2 Å². The predicted molar refractivity (Wildman–Crippen MR) is 79.7 cm³/mol. The van der Waals surface area contributed by atoms with Gasteiger partial charge < -0.3 is 21.1 Å². The zero-order valence-electron chi connectivity index (χ0n) is 12.2. The summed E-state index contributed by atoms with van der Waals surface area (Å²) in [6.07, 6.45) is 1.63. The number of rotatable bonds is 5. The Kier molecular flexibility index (Phi) is 5.71. The minimum atomic E-state index is -0.460. The van der Waals surface area contributed by atoms with Crippen LogP contribution in [0.5, 0.6) is 0 Å². The molecule has 2 rings (SSSR count). The molecule has 1 aromatic rings. The van der Waals surface area contributed by atoms with E-state index in [1.54, 1.807) is 0 Å². The van der Waals surface area contributed by atoms with E-state index < -0.39 is 11.9 Å². The fourth-order valence-corrected chi connectivity index (χ4v) is 2.54. The third kappa shape index (κ3) is 5.00. The van der Waals surface area contributed by atoms with Crippen LogP contribution in [0, 0.1) is 11.7 Å². The van der Waals surface area contributed by atoms with Gasteiger partial charge in [0.1, 0.15) is 5.82 Å². The lowest BCUT2D eigenvalue weighted by Crippen LogP contribution is -2.46. The molecule has 120 valence electrons. The second-order valence-corrected chi connectivity index (χ2v) is 5.33. The van der Waals surface area contributed by atoms with Gasteiger partial charge in [-0.15, -0.1) is 0 Å². The quantitative estimate of drug-likeness (QED) is 0.771. The summed E-state index contributed by atoms with van der Waals surface area (Å²) >= 11 is 0. The van der Waals surface area contributed by atoms with Crippen LogP contribution in [0.25, 0.3) is 0 Å². The van der Waals surface area contributed by atoms with Crippen molar-refractivity contribution in [1.82, 2.24) is 5.32 Å². The third-order valence-corrected chi connectivity index (χ3v) is 3.67. The molecule has 0 aliphatic carbocycles. The SMILES string of the molecule is NC(=O)CC(NC(=O)Nc1ccc(F)cc1)C1CCOCC1. The Labute approximate surface area is 128 Å². The van der Waals surface area contributed by atoms with Crippen molar-refractivity contribution in [2.24, 2.45) is 11.7 Å². The summed E-state index contributed by atoms with van der Waals surface area (Å²) in [5.41, 5.74) is 5.74. The highest BCUT2D eigenvalue weighted by molar-refractivity contribution is 5.89. The summed E-state index contributed by atoms with van der Waals surface area (Å²) in [6.45, 7) is 1.22. The summed E-state index contributed by atoms with van der Waals surface area (Å²) in [6, 6.07) is 4.68. The number of amides is 3. The monoisotopic (exact) mass is 309 g/mol. The zero-order valence-corrected chi connectivity index (χ0v) is 12.2. The third-order valence-electron chi connectivity index (χ3n) is 3.67. The highest BCUT2D eigenvalue weighted by Crippen LogP contribution is 2.21. The van der Waals surface area contributed by atoms with Crippen molar-refractivity contribution in [3.05, 3.63) is 30.1 Å². The number of urea groups is 1. The van der Waals surface area contributed by atoms with E-state index in [0.717, 1.165) is 12.8 Å². The molecule has 22 heavy (non-hydrogen) atoms. The molecular formula is C15H20FN3O3. The molecule has 7 heteroatoms. The molecular weight excluding hydrogens is 289 g/mol. The van der Waals surface area contributed by atoms with Crippen molar-refractivity contribution in [2.75, 3.05) is 18.5 Å². The Morgan fingerprint density at radius 1 is 1.27 bits per heavy atom. The standard InChI is InChI=1S/C15H20FN3O3/c16-11-1-3-12(4-2-11)18-15(21)19-13(9-14(17)20)10-5-7-22-8-6-10/h1-4,10,13H,5-9H2,(H2,17,20)(H2,18,19,21). The highest BCUT2D eigenvalue weighted by atomic mass is 19.1. The van der Waals surface area contributed by atoms with Crippen molar-refractivity contribution in [1.29, 1.82) is 0 Å². The topological polar surface area (TPSA) is 93.5 Å². The van der Waals surface area contributed by atoms with Gasteiger partial charge in [-0.3, -0.25) is 4.79 Å². The number of halogens is 1. The van der Waals surface area contributed by atoms with Gasteiger partial charge in [-0.05, 0) is 43.0 Å². The molecule has 1 heterocycles. The fraction of sp³-hybridized carbons (Fsp3) is 0.467. The van der Waals surface area contributed by atoms with E-state index in [2.05, 4.69) is 10.6 Å². The van der Waals surface area contributed by atoms with E-state index in [1.165, 1.54) is 24.3 Å². The van der Waals surface area contributed by atoms with E-state index in [4.69, 9.17) is 10.5 Å². The Hall–Kier alpha value is -2.15. The van der Waals surface area contributed by atoms with E-state index >= 15 is 0 Å². The molecule has 1 aliphatic rings. The van der Waals surface area contributed by atoms with Gasteiger partial charge in [0.05, 0.1) is 0 Å². The smallest absolute Gasteiger partial charge is 0.319 e. The van der Waals surface area contributed by atoms with Crippen LogP contribution in [-0.4, -0.2) is 31.2 Å². The fourth-order valence-electron chi connectivity index (χ4n) is 2.54. The summed E-state index contributed by atoms with van der Waals surface area (Å²) < 4.78 is 18.1. The van der Waals surface area contributed by atoms with Crippen LogP contribution < -0.4 is 16.4 Å². The first kappa shape index (κ1) is 16.2. The summed E-state index contributed by atoms with van der Waals surface area (Å²) in [7, 11) is 0. The molecule has 1 unspecified atom stereocenters. The first-order chi connectivity index (χ1) is 10.5. The number of carbonyl (C=O) groups is 2. The minimum Gasteiger partial charge on any atom is -0.381 e. The van der Waals surface area contributed by atoms with Gasteiger partial charge in [0, 0.05) is 31.4 Å². The summed E-state index contributed by atoms with van der Waals surface area (Å²) in [4.78, 5) is 23.2. The number of hydrogen-bond donors (Lipinski definition) is 3. The summed E-state index contributed by atoms with van der Waals surface area (Å²) in [5, 5.41) is 5.39. The highest BCUT2D eigenvalue weighted by Gasteiger charge is 2.26. The number of carbonyl (C=O) groups excluding carboxylic acids is 2. The Morgan fingerprint density at radius 2 is 1.91 bits per heavy atom. The van der Waals surface area contributed by atoms with Gasteiger partial charge in [0.25, 0.3) is 0 Å². The summed E-state index contributed by atoms with van der Waals surface area (Å²) in [5.74, 6) is -0.682. The van der Waals surface area contributed by atoms with Crippen LogP contribution in [0.3, 0.4) is 0 Å². The molecule has 6 nitrogen and oxygen atoms in total. The van der Waals surface area contributed by atoms with Crippen molar-refractivity contribution in [3.63, 3.8) is 0 Å². The number of hydrogen-bond acceptors (Lipinski definition) is 3. The number of primary amides is 1. The van der Waals surface area contributed by atoms with Gasteiger partial charge >= 0.3 is 6.03 Å². The van der Waals surface area contributed by atoms with Crippen molar-refractivity contribution in [3.8, 4) is 0 Å². The maximum absolute atomic E-state index is 12.8.